The topological polar surface area (TPSA) is 81.1 Å². The summed E-state index contributed by atoms with van der Waals surface area (Å²) in [6.07, 6.45) is 6.95. The van der Waals surface area contributed by atoms with Crippen molar-refractivity contribution in [3.63, 3.8) is 0 Å². The molecule has 4 aliphatic rings. The van der Waals surface area contributed by atoms with Crippen LogP contribution in [0.25, 0.3) is 10.9 Å². The third-order valence-electron chi connectivity index (χ3n) is 9.82. The van der Waals surface area contributed by atoms with Gasteiger partial charge in [0.1, 0.15) is 17.0 Å². The highest BCUT2D eigenvalue weighted by molar-refractivity contribution is 5.84. The quantitative estimate of drug-likeness (QED) is 0.286. The Hall–Kier alpha value is -3.37. The summed E-state index contributed by atoms with van der Waals surface area (Å²) in [7, 11) is 0. The molecule has 3 atom stereocenters. The molecule has 2 saturated heterocycles. The summed E-state index contributed by atoms with van der Waals surface area (Å²) < 4.78 is 35.5. The molecular weight excluding hydrogens is 585 g/mol. The van der Waals surface area contributed by atoms with E-state index in [4.69, 9.17) is 19.3 Å². The van der Waals surface area contributed by atoms with Crippen LogP contribution < -0.4 is 10.1 Å². The molecule has 3 aromatic rings. The second-order valence-corrected chi connectivity index (χ2v) is 14.7. The molecule has 1 unspecified atom stereocenters. The molecular formula is C36H48FN5O4. The molecule has 1 saturated carbocycles. The minimum atomic E-state index is -1.13. The van der Waals surface area contributed by atoms with E-state index in [1.165, 1.54) is 11.1 Å². The minimum absolute atomic E-state index is 0.0321. The number of likely N-dealkylation sites (tertiary alicyclic amines) is 1. The molecule has 4 heterocycles. The van der Waals surface area contributed by atoms with Crippen molar-refractivity contribution in [1.82, 2.24) is 19.6 Å². The van der Waals surface area contributed by atoms with Gasteiger partial charge in [0.25, 0.3) is 0 Å². The number of fused-ring (bicyclic) bond motifs is 3. The first-order valence-corrected chi connectivity index (χ1v) is 17.1. The van der Waals surface area contributed by atoms with Crippen molar-refractivity contribution in [2.75, 3.05) is 38.2 Å². The molecule has 9 nitrogen and oxygen atoms in total. The molecule has 0 bridgehead atoms. The lowest BCUT2D eigenvalue weighted by molar-refractivity contribution is -0.0366. The van der Waals surface area contributed by atoms with Crippen molar-refractivity contribution in [2.45, 2.75) is 109 Å². The SMILES string of the molecule is CCOc1cc(NC2CN(C(=O)OC(C)(C)C)C2)ccc1[C@@H]1c2ccc3c(cnn3C3CCCCO3)c2C[C@@H](C)N1CC1(F)CC1. The number of halogens is 1. The Labute approximate surface area is 271 Å². The Kier molecular flexibility index (Phi) is 8.16. The first-order valence-electron chi connectivity index (χ1n) is 17.1. The molecule has 0 radical (unpaired) electrons. The van der Waals surface area contributed by atoms with E-state index in [0.717, 1.165) is 60.2 Å². The third-order valence-corrected chi connectivity index (χ3v) is 9.82. The number of rotatable bonds is 8. The Morgan fingerprint density at radius 3 is 2.63 bits per heavy atom. The summed E-state index contributed by atoms with van der Waals surface area (Å²) in [4.78, 5) is 16.5. The molecule has 3 aliphatic heterocycles. The molecule has 7 rings (SSSR count). The van der Waals surface area contributed by atoms with Gasteiger partial charge >= 0.3 is 6.09 Å². The van der Waals surface area contributed by atoms with Crippen LogP contribution in [0, 0.1) is 0 Å². The zero-order chi connectivity index (χ0) is 32.2. The highest BCUT2D eigenvalue weighted by Crippen LogP contribution is 2.49. The molecule has 46 heavy (non-hydrogen) atoms. The summed E-state index contributed by atoms with van der Waals surface area (Å²) in [5.74, 6) is 0.793. The highest BCUT2D eigenvalue weighted by Gasteiger charge is 2.48. The summed E-state index contributed by atoms with van der Waals surface area (Å²) in [6.45, 7) is 12.7. The second kappa shape index (κ2) is 12.0. The predicted molar refractivity (Wildman–Crippen MR) is 176 cm³/mol. The number of carbonyl (C=O) groups excluding carboxylic acids is 1. The van der Waals surface area contributed by atoms with E-state index in [9.17, 15) is 4.79 Å². The zero-order valence-electron chi connectivity index (χ0n) is 27.9. The van der Waals surface area contributed by atoms with E-state index in [-0.39, 0.29) is 30.4 Å². The Morgan fingerprint density at radius 2 is 1.93 bits per heavy atom. The first-order chi connectivity index (χ1) is 22.0. The fourth-order valence-corrected chi connectivity index (χ4v) is 7.30. The van der Waals surface area contributed by atoms with Crippen LogP contribution in [0.5, 0.6) is 5.75 Å². The molecule has 1 aliphatic carbocycles. The summed E-state index contributed by atoms with van der Waals surface area (Å²) in [5.41, 5.74) is 3.89. The van der Waals surface area contributed by atoms with E-state index in [1.807, 2.05) is 33.9 Å². The second-order valence-electron chi connectivity index (χ2n) is 14.7. The normalized spacial score (nSPS) is 24.7. The molecule has 248 valence electrons. The maximum atomic E-state index is 15.5. The molecule has 0 spiro atoms. The number of amides is 1. The van der Waals surface area contributed by atoms with Crippen LogP contribution in [-0.2, 0) is 15.9 Å². The first kappa shape index (κ1) is 31.2. The molecule has 2 aromatic carbocycles. The third kappa shape index (κ3) is 6.18. The number of anilines is 1. The van der Waals surface area contributed by atoms with Crippen LogP contribution in [0.2, 0.25) is 0 Å². The van der Waals surface area contributed by atoms with E-state index >= 15 is 4.39 Å². The predicted octanol–water partition coefficient (Wildman–Crippen LogP) is 7.00. The minimum Gasteiger partial charge on any atom is -0.493 e. The highest BCUT2D eigenvalue weighted by atomic mass is 19.1. The maximum absolute atomic E-state index is 15.5. The fourth-order valence-electron chi connectivity index (χ4n) is 7.30. The van der Waals surface area contributed by atoms with Crippen molar-refractivity contribution in [1.29, 1.82) is 0 Å². The van der Waals surface area contributed by atoms with E-state index in [2.05, 4.69) is 52.2 Å². The van der Waals surface area contributed by atoms with Crippen molar-refractivity contribution >= 4 is 22.7 Å². The van der Waals surface area contributed by atoms with Gasteiger partial charge in [0, 0.05) is 55.0 Å². The Balaban J connectivity index is 1.20. The van der Waals surface area contributed by atoms with Crippen LogP contribution in [0.3, 0.4) is 0 Å². The van der Waals surface area contributed by atoms with Crippen LogP contribution >= 0.6 is 0 Å². The van der Waals surface area contributed by atoms with Gasteiger partial charge in [-0.1, -0.05) is 12.1 Å². The lowest BCUT2D eigenvalue weighted by Gasteiger charge is -2.44. The van der Waals surface area contributed by atoms with Crippen LogP contribution in [0.4, 0.5) is 14.9 Å². The van der Waals surface area contributed by atoms with Gasteiger partial charge in [-0.2, -0.15) is 5.10 Å². The van der Waals surface area contributed by atoms with Crippen LogP contribution in [-0.4, -0.2) is 81.9 Å². The number of hydrogen-bond donors (Lipinski definition) is 1. The smallest absolute Gasteiger partial charge is 0.410 e. The number of ether oxygens (including phenoxy) is 3. The Morgan fingerprint density at radius 1 is 1.15 bits per heavy atom. The number of hydrogen-bond acceptors (Lipinski definition) is 7. The molecule has 10 heteroatoms. The number of aromatic nitrogens is 2. The summed E-state index contributed by atoms with van der Waals surface area (Å²) in [5, 5.41) is 9.55. The fraction of sp³-hybridized carbons (Fsp3) is 0.611. The lowest BCUT2D eigenvalue weighted by Crippen LogP contribution is -2.57. The van der Waals surface area contributed by atoms with Gasteiger partial charge in [0.2, 0.25) is 0 Å². The van der Waals surface area contributed by atoms with Crippen molar-refractivity contribution < 1.29 is 23.4 Å². The maximum Gasteiger partial charge on any atom is 0.410 e. The number of carbonyl (C=O) groups is 1. The van der Waals surface area contributed by atoms with Gasteiger partial charge in [0.05, 0.1) is 30.4 Å². The van der Waals surface area contributed by atoms with E-state index in [0.29, 0.717) is 39.1 Å². The average molecular weight is 634 g/mol. The van der Waals surface area contributed by atoms with Gasteiger partial charge in [-0.05, 0) is 96.4 Å². The monoisotopic (exact) mass is 633 g/mol. The Bertz CT molecular complexity index is 1580. The van der Waals surface area contributed by atoms with E-state index in [1.54, 1.807) is 4.90 Å². The van der Waals surface area contributed by atoms with Crippen molar-refractivity contribution in [3.8, 4) is 5.75 Å². The molecule has 3 fully saturated rings. The average Bonchev–Trinajstić information content (AvgIpc) is 3.55. The number of alkyl halides is 1. The van der Waals surface area contributed by atoms with Crippen molar-refractivity contribution in [2.24, 2.45) is 0 Å². The lowest BCUT2D eigenvalue weighted by atomic mass is 9.83. The number of nitrogens with one attached hydrogen (secondary N) is 1. The number of nitrogens with zero attached hydrogens (tertiary/aromatic N) is 4. The van der Waals surface area contributed by atoms with Gasteiger partial charge < -0.3 is 24.4 Å². The zero-order valence-corrected chi connectivity index (χ0v) is 27.9. The molecule has 1 amide bonds. The van der Waals surface area contributed by atoms with Gasteiger partial charge in [-0.25, -0.2) is 13.9 Å². The largest absolute Gasteiger partial charge is 0.493 e. The van der Waals surface area contributed by atoms with Crippen LogP contribution in [0.15, 0.2) is 36.5 Å². The molecule has 1 N–H and O–H groups in total. The summed E-state index contributed by atoms with van der Waals surface area (Å²) in [6, 6.07) is 10.8. The van der Waals surface area contributed by atoms with Gasteiger partial charge in [0.15, 0.2) is 6.23 Å². The van der Waals surface area contributed by atoms with Crippen LogP contribution in [0.1, 0.15) is 95.7 Å². The standard InChI is InChI=1S/C36H48FN5O4/c1-6-44-31-18-24(39-25-20-40(21-25)34(43)46-35(3,4)5)10-11-27(31)33-26-12-13-30-29(19-38-42(30)32-9-7-8-16-45-32)28(26)17-23(2)41(33)22-36(37)14-15-36/h10-13,18-19,23,25,32-33,39H,6-9,14-17,20-22H2,1-5H3/t23-,32?,33+/m1/s1. The van der Waals surface area contributed by atoms with Crippen molar-refractivity contribution in [3.05, 3.63) is 53.2 Å². The van der Waals surface area contributed by atoms with Gasteiger partial charge in [-0.15, -0.1) is 0 Å². The summed E-state index contributed by atoms with van der Waals surface area (Å²) >= 11 is 0. The molecule has 1 aromatic heterocycles. The number of benzene rings is 2. The van der Waals surface area contributed by atoms with Gasteiger partial charge in [-0.3, -0.25) is 4.90 Å². The van der Waals surface area contributed by atoms with E-state index < -0.39 is 11.3 Å².